The number of hydrogen-bond donors (Lipinski definition) is 5. The molecule has 0 aliphatic rings. The zero-order valence-electron chi connectivity index (χ0n) is 34.9. The number of H-pyrrole nitrogens is 1. The van der Waals surface area contributed by atoms with Crippen LogP contribution in [0.2, 0.25) is 20.1 Å². The topological polar surface area (TPSA) is 187 Å². The number of hydrogen-bond acceptors (Lipinski definition) is 10. The fourth-order valence-electron chi connectivity index (χ4n) is 6.72. The number of anilines is 3. The van der Waals surface area contributed by atoms with Crippen molar-refractivity contribution in [3.8, 4) is 22.9 Å². The van der Waals surface area contributed by atoms with Gasteiger partial charge in [0, 0.05) is 10.7 Å². The minimum Gasteiger partial charge on any atom is -0.508 e. The first-order valence-electron chi connectivity index (χ1n) is 20.5. The first-order chi connectivity index (χ1) is 30.6. The van der Waals surface area contributed by atoms with Crippen LogP contribution in [0.15, 0.2) is 122 Å². The Labute approximate surface area is 390 Å². The normalized spacial score (nSPS) is 12.1. The Morgan fingerprint density at radius 3 is 2.06 bits per heavy atom. The van der Waals surface area contributed by atoms with Crippen molar-refractivity contribution in [1.82, 2.24) is 9.78 Å². The molecule has 0 aliphatic carbocycles. The van der Waals surface area contributed by atoms with Crippen molar-refractivity contribution in [1.29, 1.82) is 0 Å². The van der Waals surface area contributed by atoms with Gasteiger partial charge in [0.05, 0.1) is 30.5 Å². The van der Waals surface area contributed by atoms with E-state index in [1.165, 1.54) is 86.0 Å². The second kappa shape index (κ2) is 21.9. The van der Waals surface area contributed by atoms with Crippen LogP contribution >= 0.6 is 46.4 Å². The number of benzene rings is 5. The van der Waals surface area contributed by atoms with Crippen LogP contribution in [-0.2, 0) is 14.6 Å². The molecule has 0 saturated carbocycles. The number of nitrogens with one attached hydrogen (secondary N) is 3. The van der Waals surface area contributed by atoms with Crippen molar-refractivity contribution in [3.63, 3.8) is 0 Å². The molecule has 5 aromatic carbocycles. The van der Waals surface area contributed by atoms with Crippen LogP contribution < -0.4 is 20.9 Å². The molecule has 1 unspecified atom stereocenters. The maximum Gasteiger partial charge on any atom is 0.301 e. The Morgan fingerprint density at radius 1 is 0.781 bits per heavy atom. The van der Waals surface area contributed by atoms with E-state index in [0.29, 0.717) is 18.5 Å². The van der Waals surface area contributed by atoms with Gasteiger partial charge >= 0.3 is 5.56 Å². The number of amides is 1. The summed E-state index contributed by atoms with van der Waals surface area (Å²) in [5.41, 5.74) is 0.636. The summed E-state index contributed by atoms with van der Waals surface area (Å²) in [6.07, 6.45) is 7.85. The number of aryl methyl sites for hydroxylation is 1. The van der Waals surface area contributed by atoms with E-state index in [-0.39, 0.29) is 75.7 Å². The molecule has 18 heteroatoms. The van der Waals surface area contributed by atoms with Gasteiger partial charge in [0.25, 0.3) is 5.91 Å². The predicted octanol–water partition coefficient (Wildman–Crippen LogP) is 13.4. The highest BCUT2D eigenvalue weighted by molar-refractivity contribution is 7.91. The van der Waals surface area contributed by atoms with Crippen LogP contribution in [0.5, 0.6) is 17.2 Å². The summed E-state index contributed by atoms with van der Waals surface area (Å²) >= 11 is 25.9. The minimum atomic E-state index is -3.88. The molecule has 64 heavy (non-hydrogen) atoms. The number of aromatic hydroxyl groups is 2. The number of rotatable bonds is 20. The van der Waals surface area contributed by atoms with E-state index in [4.69, 9.17) is 51.1 Å². The van der Waals surface area contributed by atoms with Gasteiger partial charge in [-0.15, -0.1) is 10.2 Å². The number of carbonyl (C=O) groups is 1. The van der Waals surface area contributed by atoms with Gasteiger partial charge in [0.1, 0.15) is 28.6 Å². The number of phenols is 2. The van der Waals surface area contributed by atoms with Gasteiger partial charge < -0.3 is 25.6 Å². The van der Waals surface area contributed by atoms with Crippen LogP contribution in [0.1, 0.15) is 70.3 Å². The summed E-state index contributed by atoms with van der Waals surface area (Å²) in [4.78, 5) is 28.0. The highest BCUT2D eigenvalue weighted by Gasteiger charge is 2.24. The molecule has 5 N–H and O–H groups in total. The van der Waals surface area contributed by atoms with Crippen LogP contribution in [0.25, 0.3) is 5.69 Å². The monoisotopic (exact) mass is 966 g/mol. The van der Waals surface area contributed by atoms with E-state index in [1.807, 2.05) is 6.92 Å². The highest BCUT2D eigenvalue weighted by Crippen LogP contribution is 2.37. The molecule has 13 nitrogen and oxygen atoms in total. The van der Waals surface area contributed by atoms with E-state index in [9.17, 15) is 28.2 Å². The van der Waals surface area contributed by atoms with Crippen molar-refractivity contribution in [3.05, 3.63) is 133 Å². The van der Waals surface area contributed by atoms with Crippen LogP contribution in [-0.4, -0.2) is 40.4 Å². The summed E-state index contributed by atoms with van der Waals surface area (Å²) < 4.78 is 33.8. The lowest BCUT2D eigenvalue weighted by atomic mass is 10.1. The number of ether oxygens (including phenoxy) is 1. The molecule has 1 aromatic heterocycles. The Bertz CT molecular complexity index is 2770. The van der Waals surface area contributed by atoms with Gasteiger partial charge in [-0.1, -0.05) is 104 Å². The molecule has 0 aliphatic heterocycles. The van der Waals surface area contributed by atoms with E-state index in [0.717, 1.165) is 35.9 Å². The predicted molar refractivity (Wildman–Crippen MR) is 253 cm³/mol. The van der Waals surface area contributed by atoms with Crippen molar-refractivity contribution >= 4 is 90.7 Å². The summed E-state index contributed by atoms with van der Waals surface area (Å²) in [6.45, 7) is 3.99. The first kappa shape index (κ1) is 48.0. The van der Waals surface area contributed by atoms with Crippen molar-refractivity contribution in [2.45, 2.75) is 87.5 Å². The molecule has 336 valence electrons. The van der Waals surface area contributed by atoms with Gasteiger partial charge in [0.2, 0.25) is 9.84 Å². The highest BCUT2D eigenvalue weighted by atomic mass is 35.5. The smallest absolute Gasteiger partial charge is 0.301 e. The van der Waals surface area contributed by atoms with Crippen molar-refractivity contribution in [2.75, 3.05) is 10.6 Å². The summed E-state index contributed by atoms with van der Waals surface area (Å²) in [6, 6.07) is 23.4. The number of carbonyl (C=O) groups excluding carboxylic acids is 1. The molecule has 0 fully saturated rings. The second-order valence-corrected chi connectivity index (χ2v) is 18.6. The van der Waals surface area contributed by atoms with Gasteiger partial charge in [0.15, 0.2) is 17.6 Å². The van der Waals surface area contributed by atoms with Crippen molar-refractivity contribution in [2.24, 2.45) is 10.2 Å². The lowest BCUT2D eigenvalue weighted by Crippen LogP contribution is -2.33. The molecule has 1 atom stereocenters. The van der Waals surface area contributed by atoms with E-state index < -0.39 is 27.4 Å². The fraction of sp³-hybridized carbons (Fsp3) is 0.261. The first-order valence-corrected chi connectivity index (χ1v) is 23.5. The number of aromatic nitrogens is 2. The zero-order chi connectivity index (χ0) is 46.0. The Hall–Kier alpha value is -5.51. The quantitative estimate of drug-likeness (QED) is 0.0369. The number of halogens is 4. The standard InChI is InChI=1S/C46H46Cl4N6O7S/c1-3-4-5-6-7-8-9-10-11-41(63-32-16-20-34(21-17-32)64(61,62)33-18-14-31(57)15-19-33)45(59)51-30-13-22-35(48)38(27-30)52-44-42(54-53-39-24-28(2)12-23-40(39)58)46(60)56(55-44)43-36(49)25-29(47)26-37(43)50/h12-27,41,52,55,57-58H,3-11H2,1-2H3,(H,51,59). The Morgan fingerprint density at radius 2 is 1.41 bits per heavy atom. The summed E-state index contributed by atoms with van der Waals surface area (Å²) in [5.74, 6) is -0.370. The number of unbranched alkanes of at least 4 members (excludes halogenated alkanes) is 7. The number of nitrogens with zero attached hydrogens (tertiary/aromatic N) is 3. The van der Waals surface area contributed by atoms with Gasteiger partial charge in [-0.25, -0.2) is 13.1 Å². The van der Waals surface area contributed by atoms with E-state index in [1.54, 1.807) is 30.3 Å². The molecule has 1 heterocycles. The summed E-state index contributed by atoms with van der Waals surface area (Å²) in [5, 5.41) is 37.9. The second-order valence-electron chi connectivity index (χ2n) is 15.0. The maximum absolute atomic E-state index is 14.0. The lowest BCUT2D eigenvalue weighted by molar-refractivity contribution is -0.123. The molecule has 6 rings (SSSR count). The average Bonchev–Trinajstić information content (AvgIpc) is 3.55. The van der Waals surface area contributed by atoms with Crippen LogP contribution in [0.3, 0.4) is 0 Å². The Balaban J connectivity index is 1.26. The molecule has 0 saturated heterocycles. The molecule has 0 bridgehead atoms. The van der Waals surface area contributed by atoms with Gasteiger partial charge in [-0.3, -0.25) is 14.7 Å². The van der Waals surface area contributed by atoms with E-state index >= 15 is 0 Å². The number of phenolic OH excluding ortho intramolecular Hbond substituents is 2. The Kier molecular flexibility index (Phi) is 16.4. The van der Waals surface area contributed by atoms with Gasteiger partial charge in [-0.2, -0.15) is 0 Å². The van der Waals surface area contributed by atoms with E-state index in [2.05, 4.69) is 32.9 Å². The largest absolute Gasteiger partial charge is 0.508 e. The average molecular weight is 969 g/mol. The lowest BCUT2D eigenvalue weighted by Gasteiger charge is -2.20. The number of aromatic amines is 1. The van der Waals surface area contributed by atoms with Gasteiger partial charge in [-0.05, 0) is 116 Å². The SMILES string of the molecule is CCCCCCCCCCC(Oc1ccc(S(=O)(=O)c2ccc(O)cc2)cc1)C(=O)Nc1ccc(Cl)c(Nc2[nH]n(-c3c(Cl)cc(Cl)cc3Cl)c(=O)c2N=Nc2cc(C)ccc2O)c1. The molecule has 0 spiro atoms. The summed E-state index contributed by atoms with van der Waals surface area (Å²) in [7, 11) is -3.88. The number of azo groups is 1. The number of sulfone groups is 1. The third kappa shape index (κ3) is 12.2. The molecule has 0 radical (unpaired) electrons. The third-order valence-electron chi connectivity index (χ3n) is 10.1. The maximum atomic E-state index is 14.0. The van der Waals surface area contributed by atoms with Crippen LogP contribution in [0.4, 0.5) is 28.6 Å². The zero-order valence-corrected chi connectivity index (χ0v) is 38.7. The molecular formula is C46H46Cl4N6O7S. The molecule has 1 amide bonds. The third-order valence-corrected chi connectivity index (χ3v) is 13.0. The minimum absolute atomic E-state index is 0.0140. The van der Waals surface area contributed by atoms with Crippen LogP contribution in [0, 0.1) is 6.92 Å². The van der Waals surface area contributed by atoms with Crippen molar-refractivity contribution < 1.29 is 28.2 Å². The molecular weight excluding hydrogens is 922 g/mol. The fourth-order valence-corrected chi connectivity index (χ4v) is 9.13. The molecule has 6 aromatic rings.